The molecule has 1 aromatic carbocycles. The Morgan fingerprint density at radius 3 is 2.62 bits per heavy atom. The lowest BCUT2D eigenvalue weighted by Crippen LogP contribution is -2.37. The molecule has 0 saturated carbocycles. The first-order valence-corrected chi connectivity index (χ1v) is 9.41. The Morgan fingerprint density at radius 2 is 2.00 bits per heavy atom. The van der Waals surface area contributed by atoms with Crippen molar-refractivity contribution in [2.24, 2.45) is 0 Å². The lowest BCUT2D eigenvalue weighted by molar-refractivity contribution is 0.392. The van der Waals surface area contributed by atoms with Gasteiger partial charge < -0.3 is 5.32 Å². The highest BCUT2D eigenvalue weighted by Crippen LogP contribution is 2.15. The topological polar surface area (TPSA) is 58.2 Å². The molecule has 5 heteroatoms. The number of hydrogen-bond donors (Lipinski definition) is 2. The number of aryl methyl sites for hydroxylation is 1. The maximum absolute atomic E-state index is 12.2. The molecule has 21 heavy (non-hydrogen) atoms. The fraction of sp³-hybridized carbons (Fsp3) is 0.625. The van der Waals surface area contributed by atoms with E-state index in [9.17, 15) is 8.42 Å². The summed E-state index contributed by atoms with van der Waals surface area (Å²) in [6.45, 7) is 4.93. The van der Waals surface area contributed by atoms with E-state index in [0.29, 0.717) is 12.5 Å². The highest BCUT2D eigenvalue weighted by atomic mass is 32.2. The number of hydrogen-bond acceptors (Lipinski definition) is 3. The molecule has 1 aromatic rings. The molecule has 0 amide bonds. The van der Waals surface area contributed by atoms with Gasteiger partial charge in [0.1, 0.15) is 0 Å². The molecular weight excluding hydrogens is 284 g/mol. The second-order valence-corrected chi connectivity index (χ2v) is 7.88. The first-order valence-electron chi connectivity index (χ1n) is 7.76. The fourth-order valence-electron chi connectivity index (χ4n) is 2.72. The van der Waals surface area contributed by atoms with Crippen LogP contribution in [0.15, 0.2) is 24.3 Å². The van der Waals surface area contributed by atoms with Crippen LogP contribution in [0.2, 0.25) is 0 Å². The van der Waals surface area contributed by atoms with Gasteiger partial charge in [0.2, 0.25) is 10.0 Å². The first kappa shape index (κ1) is 16.5. The molecule has 1 aliphatic heterocycles. The maximum Gasteiger partial charge on any atom is 0.212 e. The van der Waals surface area contributed by atoms with E-state index in [0.717, 1.165) is 18.5 Å². The average molecular weight is 310 g/mol. The minimum Gasteiger partial charge on any atom is -0.314 e. The van der Waals surface area contributed by atoms with Gasteiger partial charge >= 0.3 is 0 Å². The van der Waals surface area contributed by atoms with E-state index < -0.39 is 10.0 Å². The second kappa shape index (κ2) is 7.38. The third-order valence-corrected chi connectivity index (χ3v) is 5.57. The number of benzene rings is 1. The third kappa shape index (κ3) is 5.41. The molecule has 0 radical (unpaired) electrons. The average Bonchev–Trinajstić information content (AvgIpc) is 2.46. The van der Waals surface area contributed by atoms with Crippen molar-refractivity contribution in [2.45, 2.75) is 51.6 Å². The zero-order valence-electron chi connectivity index (χ0n) is 12.9. The number of nitrogens with one attached hydrogen (secondary N) is 2. The standard InChI is InChI=1S/C16H26N2O2S/c1-13-6-8-15(9-7-13)14(2)18-21(19,20)12-10-16-5-3-4-11-17-16/h6-9,14,16-18H,3-5,10-12H2,1-2H3. The van der Waals surface area contributed by atoms with E-state index >= 15 is 0 Å². The van der Waals surface area contributed by atoms with Gasteiger partial charge in [0.25, 0.3) is 0 Å². The highest BCUT2D eigenvalue weighted by Gasteiger charge is 2.19. The molecule has 2 rings (SSSR count). The van der Waals surface area contributed by atoms with Crippen LogP contribution < -0.4 is 10.0 Å². The third-order valence-electron chi connectivity index (χ3n) is 4.08. The number of piperidine rings is 1. The summed E-state index contributed by atoms with van der Waals surface area (Å²) in [7, 11) is -3.23. The Hall–Kier alpha value is -0.910. The van der Waals surface area contributed by atoms with Gasteiger partial charge in [0.15, 0.2) is 0 Å². The van der Waals surface area contributed by atoms with Crippen LogP contribution in [0.3, 0.4) is 0 Å². The first-order chi connectivity index (χ1) is 9.96. The summed E-state index contributed by atoms with van der Waals surface area (Å²) >= 11 is 0. The molecule has 0 bridgehead atoms. The zero-order chi connectivity index (χ0) is 15.3. The molecule has 1 aliphatic rings. The van der Waals surface area contributed by atoms with Crippen molar-refractivity contribution in [3.63, 3.8) is 0 Å². The van der Waals surface area contributed by atoms with Crippen molar-refractivity contribution in [1.82, 2.24) is 10.0 Å². The summed E-state index contributed by atoms with van der Waals surface area (Å²) in [5, 5.41) is 3.39. The van der Waals surface area contributed by atoms with Crippen LogP contribution in [0, 0.1) is 6.92 Å². The predicted octanol–water partition coefficient (Wildman–Crippen LogP) is 2.51. The molecular formula is C16H26N2O2S. The minimum absolute atomic E-state index is 0.185. The summed E-state index contributed by atoms with van der Waals surface area (Å²) < 4.78 is 27.1. The molecule has 2 atom stereocenters. The van der Waals surface area contributed by atoms with Gasteiger partial charge in [-0.05, 0) is 45.2 Å². The van der Waals surface area contributed by atoms with Gasteiger partial charge in [-0.1, -0.05) is 36.2 Å². The number of sulfonamides is 1. The lowest BCUT2D eigenvalue weighted by Gasteiger charge is -2.23. The molecule has 4 nitrogen and oxygen atoms in total. The molecule has 0 aromatic heterocycles. The lowest BCUT2D eigenvalue weighted by atomic mass is 10.0. The summed E-state index contributed by atoms with van der Waals surface area (Å²) in [6, 6.07) is 8.13. The summed E-state index contributed by atoms with van der Waals surface area (Å²) in [5.41, 5.74) is 2.18. The highest BCUT2D eigenvalue weighted by molar-refractivity contribution is 7.89. The Balaban J connectivity index is 1.86. The molecule has 2 N–H and O–H groups in total. The molecule has 1 saturated heterocycles. The molecule has 1 heterocycles. The van der Waals surface area contributed by atoms with Gasteiger partial charge in [0, 0.05) is 12.1 Å². The smallest absolute Gasteiger partial charge is 0.212 e. The Kier molecular flexibility index (Phi) is 5.79. The van der Waals surface area contributed by atoms with E-state index in [1.54, 1.807) is 0 Å². The molecule has 0 spiro atoms. The van der Waals surface area contributed by atoms with E-state index in [1.165, 1.54) is 18.4 Å². The van der Waals surface area contributed by atoms with Gasteiger partial charge in [-0.2, -0.15) is 0 Å². The van der Waals surface area contributed by atoms with E-state index in [-0.39, 0.29) is 11.8 Å². The predicted molar refractivity (Wildman–Crippen MR) is 86.8 cm³/mol. The quantitative estimate of drug-likeness (QED) is 0.849. The van der Waals surface area contributed by atoms with Gasteiger partial charge in [-0.3, -0.25) is 0 Å². The van der Waals surface area contributed by atoms with Crippen molar-refractivity contribution in [2.75, 3.05) is 12.3 Å². The summed E-state index contributed by atoms with van der Waals surface area (Å²) in [4.78, 5) is 0. The molecule has 1 fully saturated rings. The number of rotatable bonds is 6. The zero-order valence-corrected chi connectivity index (χ0v) is 13.7. The van der Waals surface area contributed by atoms with Crippen molar-refractivity contribution in [3.05, 3.63) is 35.4 Å². The van der Waals surface area contributed by atoms with Crippen molar-refractivity contribution in [1.29, 1.82) is 0 Å². The van der Waals surface area contributed by atoms with Crippen LogP contribution in [0.5, 0.6) is 0 Å². The van der Waals surface area contributed by atoms with Crippen LogP contribution in [0.25, 0.3) is 0 Å². The van der Waals surface area contributed by atoms with Crippen molar-refractivity contribution < 1.29 is 8.42 Å². The minimum atomic E-state index is -3.23. The maximum atomic E-state index is 12.2. The second-order valence-electron chi connectivity index (χ2n) is 6.00. The van der Waals surface area contributed by atoms with E-state index in [2.05, 4.69) is 10.0 Å². The SMILES string of the molecule is Cc1ccc(C(C)NS(=O)(=O)CCC2CCCCN2)cc1. The van der Waals surface area contributed by atoms with Crippen molar-refractivity contribution >= 4 is 10.0 Å². The Bertz CT molecular complexity index is 534. The Morgan fingerprint density at radius 1 is 1.29 bits per heavy atom. The molecule has 0 aliphatic carbocycles. The molecule has 2 unspecified atom stereocenters. The molecule has 118 valence electrons. The summed E-state index contributed by atoms with van der Waals surface area (Å²) in [6.07, 6.45) is 4.18. The largest absolute Gasteiger partial charge is 0.314 e. The van der Waals surface area contributed by atoms with Gasteiger partial charge in [-0.25, -0.2) is 13.1 Å². The monoisotopic (exact) mass is 310 g/mol. The van der Waals surface area contributed by atoms with E-state index in [4.69, 9.17) is 0 Å². The van der Waals surface area contributed by atoms with Gasteiger partial charge in [-0.15, -0.1) is 0 Å². The fourth-order valence-corrected chi connectivity index (χ4v) is 4.11. The van der Waals surface area contributed by atoms with Crippen LogP contribution in [0.1, 0.15) is 49.8 Å². The van der Waals surface area contributed by atoms with Crippen LogP contribution in [-0.2, 0) is 10.0 Å². The summed E-state index contributed by atoms with van der Waals surface area (Å²) in [5.74, 6) is 0.195. The van der Waals surface area contributed by atoms with Crippen molar-refractivity contribution in [3.8, 4) is 0 Å². The normalized spacial score (nSPS) is 21.1. The van der Waals surface area contributed by atoms with Crippen LogP contribution >= 0.6 is 0 Å². The van der Waals surface area contributed by atoms with Crippen LogP contribution in [0.4, 0.5) is 0 Å². The van der Waals surface area contributed by atoms with E-state index in [1.807, 2.05) is 38.1 Å². The van der Waals surface area contributed by atoms with Crippen LogP contribution in [-0.4, -0.2) is 26.8 Å². The Labute approximate surface area is 128 Å². The van der Waals surface area contributed by atoms with Gasteiger partial charge in [0.05, 0.1) is 5.75 Å².